The molecule has 0 amide bonds. The highest BCUT2D eigenvalue weighted by atomic mass is 16.3. The van der Waals surface area contributed by atoms with E-state index < -0.39 is 0 Å². The van der Waals surface area contributed by atoms with Gasteiger partial charge in [-0.05, 0) is 13.3 Å². The van der Waals surface area contributed by atoms with Crippen molar-refractivity contribution >= 4 is 0 Å². The van der Waals surface area contributed by atoms with Crippen LogP contribution in [0.2, 0.25) is 0 Å². The van der Waals surface area contributed by atoms with Gasteiger partial charge in [0.2, 0.25) is 0 Å². The van der Waals surface area contributed by atoms with Gasteiger partial charge in [-0.1, -0.05) is 6.92 Å². The van der Waals surface area contributed by atoms with Gasteiger partial charge in [0.1, 0.15) is 5.75 Å². The summed E-state index contributed by atoms with van der Waals surface area (Å²) in [4.78, 5) is 4.06. The third-order valence-electron chi connectivity index (χ3n) is 3.54. The Morgan fingerprint density at radius 3 is 2.71 bits per heavy atom. The molecular weight excluding hydrogens is 268 g/mol. The predicted molar refractivity (Wildman–Crippen MR) is 79.7 cm³/mol. The number of aromatic hydroxyl groups is 1. The molecule has 0 aliphatic rings. The van der Waals surface area contributed by atoms with Gasteiger partial charge >= 0.3 is 0 Å². The van der Waals surface area contributed by atoms with E-state index in [0.717, 1.165) is 17.7 Å². The molecule has 0 aliphatic carbocycles. The number of nitrogens with zero attached hydrogens (tertiary/aromatic N) is 3. The molecule has 0 saturated carbocycles. The van der Waals surface area contributed by atoms with E-state index in [4.69, 9.17) is 0 Å². The van der Waals surface area contributed by atoms with E-state index in [1.165, 1.54) is 0 Å². The fourth-order valence-electron chi connectivity index (χ4n) is 2.37. The van der Waals surface area contributed by atoms with Crippen LogP contribution in [0.15, 0.2) is 12.4 Å². The predicted octanol–water partition coefficient (Wildman–Crippen LogP) is 1.17. The molecule has 21 heavy (non-hydrogen) atoms. The van der Waals surface area contributed by atoms with E-state index in [0.29, 0.717) is 29.9 Å². The van der Waals surface area contributed by atoms with E-state index in [2.05, 4.69) is 22.3 Å². The molecule has 0 aromatic carbocycles. The summed E-state index contributed by atoms with van der Waals surface area (Å²) in [6.07, 6.45) is 4.49. The van der Waals surface area contributed by atoms with E-state index >= 15 is 0 Å². The van der Waals surface area contributed by atoms with Crippen molar-refractivity contribution in [2.45, 2.75) is 40.0 Å². The molecule has 6 nitrogen and oxygen atoms in total. The van der Waals surface area contributed by atoms with Crippen LogP contribution >= 0.6 is 0 Å². The summed E-state index contributed by atoms with van der Waals surface area (Å²) in [5.74, 6) is 0.149. The molecular formula is C15H22N4O2. The van der Waals surface area contributed by atoms with Crippen molar-refractivity contribution < 1.29 is 10.2 Å². The molecule has 0 fully saturated rings. The lowest BCUT2D eigenvalue weighted by molar-refractivity contribution is 0.278. The summed E-state index contributed by atoms with van der Waals surface area (Å²) >= 11 is 0. The van der Waals surface area contributed by atoms with E-state index in [-0.39, 0.29) is 12.4 Å². The first-order chi connectivity index (χ1) is 10.1. The number of aromatic nitrogens is 3. The molecule has 2 heterocycles. The molecule has 6 heteroatoms. The number of hydrogen-bond acceptors (Lipinski definition) is 5. The summed E-state index contributed by atoms with van der Waals surface area (Å²) in [5.41, 5.74) is 4.14. The van der Waals surface area contributed by atoms with Crippen molar-refractivity contribution in [1.82, 2.24) is 20.1 Å². The van der Waals surface area contributed by atoms with Crippen LogP contribution in [0.3, 0.4) is 0 Å². The molecule has 114 valence electrons. The fourth-order valence-corrected chi connectivity index (χ4v) is 2.37. The van der Waals surface area contributed by atoms with E-state index in [1.54, 1.807) is 13.1 Å². The minimum Gasteiger partial charge on any atom is -0.506 e. The molecule has 0 atom stereocenters. The second-order valence-corrected chi connectivity index (χ2v) is 5.09. The second kappa shape index (κ2) is 6.69. The van der Waals surface area contributed by atoms with Crippen LogP contribution in [0.5, 0.6) is 5.75 Å². The Kier molecular flexibility index (Phi) is 4.93. The zero-order chi connectivity index (χ0) is 15.4. The van der Waals surface area contributed by atoms with Crippen LogP contribution < -0.4 is 5.32 Å². The Bertz CT molecular complexity index is 622. The van der Waals surface area contributed by atoms with E-state index in [9.17, 15) is 10.2 Å². The molecule has 2 aromatic rings. The minimum absolute atomic E-state index is 0.134. The van der Waals surface area contributed by atoms with Gasteiger partial charge in [0.15, 0.2) is 0 Å². The van der Waals surface area contributed by atoms with Gasteiger partial charge in [-0.15, -0.1) is 0 Å². The maximum atomic E-state index is 10.1. The SMILES string of the molecule is CCc1nn(C)cc1CNCc1c(CO)cnc(C)c1O. The molecule has 0 spiro atoms. The first-order valence-electron chi connectivity index (χ1n) is 7.06. The van der Waals surface area contributed by atoms with Gasteiger partial charge in [0, 0.05) is 49.2 Å². The summed E-state index contributed by atoms with van der Waals surface area (Å²) in [7, 11) is 1.91. The summed E-state index contributed by atoms with van der Waals surface area (Å²) in [5, 5.41) is 27.1. The third kappa shape index (κ3) is 3.40. The fraction of sp³-hybridized carbons (Fsp3) is 0.467. The topological polar surface area (TPSA) is 83.2 Å². The number of aryl methyl sites for hydroxylation is 3. The molecule has 0 aliphatic heterocycles. The van der Waals surface area contributed by atoms with Crippen LogP contribution in [0.1, 0.15) is 35.0 Å². The Balaban J connectivity index is 2.08. The summed E-state index contributed by atoms with van der Waals surface area (Å²) in [6, 6.07) is 0. The molecule has 0 bridgehead atoms. The van der Waals surface area contributed by atoms with Crippen molar-refractivity contribution in [2.24, 2.45) is 7.05 Å². The van der Waals surface area contributed by atoms with Crippen LogP contribution in [-0.4, -0.2) is 25.0 Å². The second-order valence-electron chi connectivity index (χ2n) is 5.09. The Hall–Kier alpha value is -1.92. The quantitative estimate of drug-likeness (QED) is 0.744. The van der Waals surface area contributed by atoms with Gasteiger partial charge in [-0.3, -0.25) is 9.67 Å². The Morgan fingerprint density at radius 2 is 2.05 bits per heavy atom. The first kappa shape index (κ1) is 15.5. The molecule has 2 aromatic heterocycles. The molecule has 0 saturated heterocycles. The highest BCUT2D eigenvalue weighted by Gasteiger charge is 2.12. The van der Waals surface area contributed by atoms with Crippen molar-refractivity contribution in [3.8, 4) is 5.75 Å². The highest BCUT2D eigenvalue weighted by molar-refractivity contribution is 5.40. The van der Waals surface area contributed by atoms with Gasteiger partial charge < -0.3 is 15.5 Å². The van der Waals surface area contributed by atoms with E-state index in [1.807, 2.05) is 17.9 Å². The number of aliphatic hydroxyl groups excluding tert-OH is 1. The maximum Gasteiger partial charge on any atom is 0.141 e. The van der Waals surface area contributed by atoms with Crippen molar-refractivity contribution in [3.05, 3.63) is 40.5 Å². The number of aliphatic hydroxyl groups is 1. The maximum absolute atomic E-state index is 10.1. The third-order valence-corrected chi connectivity index (χ3v) is 3.54. The summed E-state index contributed by atoms with van der Waals surface area (Å²) < 4.78 is 1.81. The van der Waals surface area contributed by atoms with Crippen molar-refractivity contribution in [1.29, 1.82) is 0 Å². The summed E-state index contributed by atoms with van der Waals surface area (Å²) in [6.45, 7) is 4.83. The zero-order valence-corrected chi connectivity index (χ0v) is 12.7. The molecule has 0 unspecified atom stereocenters. The lowest BCUT2D eigenvalue weighted by Crippen LogP contribution is -2.15. The van der Waals surface area contributed by atoms with Gasteiger partial charge in [-0.25, -0.2) is 0 Å². The van der Waals surface area contributed by atoms with Gasteiger partial charge in [0.05, 0.1) is 18.0 Å². The number of rotatable bonds is 6. The largest absolute Gasteiger partial charge is 0.506 e. The monoisotopic (exact) mass is 290 g/mol. The van der Waals surface area contributed by atoms with Crippen LogP contribution in [0.4, 0.5) is 0 Å². The average Bonchev–Trinajstić information content (AvgIpc) is 2.84. The van der Waals surface area contributed by atoms with Crippen LogP contribution in [0.25, 0.3) is 0 Å². The molecule has 3 N–H and O–H groups in total. The highest BCUT2D eigenvalue weighted by Crippen LogP contribution is 2.23. The zero-order valence-electron chi connectivity index (χ0n) is 12.7. The first-order valence-corrected chi connectivity index (χ1v) is 7.06. The number of nitrogens with one attached hydrogen (secondary N) is 1. The Labute approximate surface area is 124 Å². The van der Waals surface area contributed by atoms with Crippen molar-refractivity contribution in [3.63, 3.8) is 0 Å². The van der Waals surface area contributed by atoms with Crippen LogP contribution in [0, 0.1) is 6.92 Å². The normalized spacial score (nSPS) is 11.0. The van der Waals surface area contributed by atoms with Crippen LogP contribution in [-0.2, 0) is 33.2 Å². The Morgan fingerprint density at radius 1 is 1.29 bits per heavy atom. The van der Waals surface area contributed by atoms with Crippen molar-refractivity contribution in [2.75, 3.05) is 0 Å². The number of hydrogen-bond donors (Lipinski definition) is 3. The minimum atomic E-state index is -0.134. The lowest BCUT2D eigenvalue weighted by Gasteiger charge is -2.12. The van der Waals surface area contributed by atoms with Gasteiger partial charge in [-0.2, -0.15) is 5.10 Å². The lowest BCUT2D eigenvalue weighted by atomic mass is 10.1. The molecule has 0 radical (unpaired) electrons. The number of pyridine rings is 1. The van der Waals surface area contributed by atoms with Gasteiger partial charge in [0.25, 0.3) is 0 Å². The standard InChI is InChI=1S/C15H22N4O2/c1-4-14-11(8-19(3)18-14)5-16-7-13-12(9-20)6-17-10(2)15(13)21/h6,8,16,20-21H,4-5,7,9H2,1-3H3. The average molecular weight is 290 g/mol. The smallest absolute Gasteiger partial charge is 0.141 e. The molecule has 2 rings (SSSR count).